The van der Waals surface area contributed by atoms with Gasteiger partial charge in [-0.3, -0.25) is 14.2 Å². The van der Waals surface area contributed by atoms with Gasteiger partial charge in [0.25, 0.3) is 5.91 Å². The number of hydrogen-bond donors (Lipinski definition) is 4. The number of thiophene rings is 1. The number of amides is 3. The summed E-state index contributed by atoms with van der Waals surface area (Å²) in [4.78, 5) is 32.1. The second kappa shape index (κ2) is 8.31. The maximum Gasteiger partial charge on any atom is 0.418 e. The summed E-state index contributed by atoms with van der Waals surface area (Å²) in [7, 11) is -4.85. The number of urea groups is 1. The van der Waals surface area contributed by atoms with Crippen molar-refractivity contribution in [3.8, 4) is 0 Å². The number of piperidine rings is 1. The van der Waals surface area contributed by atoms with Crippen molar-refractivity contribution in [1.82, 2.24) is 15.9 Å². The molecule has 1 aromatic heterocycles. The van der Waals surface area contributed by atoms with Gasteiger partial charge in [0, 0.05) is 11.4 Å². The number of carbonyl (C=O) groups is 2. The molecule has 28 heavy (non-hydrogen) atoms. The van der Waals surface area contributed by atoms with E-state index in [1.165, 1.54) is 11.3 Å². The third kappa shape index (κ3) is 5.40. The minimum absolute atomic E-state index is 0.0239. The predicted molar refractivity (Wildman–Crippen MR) is 97.9 cm³/mol. The van der Waals surface area contributed by atoms with Crippen molar-refractivity contribution in [2.75, 3.05) is 13.2 Å². The van der Waals surface area contributed by atoms with Crippen molar-refractivity contribution in [2.24, 2.45) is 11.1 Å². The largest absolute Gasteiger partial charge is 0.418 e. The minimum Gasteiger partial charge on any atom is -0.321 e. The lowest BCUT2D eigenvalue weighted by Gasteiger charge is -2.38. The molecular formula is C15H22N4O7S2. The number of nitrogens with two attached hydrogens (primary N) is 1. The van der Waals surface area contributed by atoms with Gasteiger partial charge in [-0.25, -0.2) is 10.3 Å². The van der Waals surface area contributed by atoms with Crippen LogP contribution in [0.4, 0.5) is 4.79 Å². The number of hydrogen-bond acceptors (Lipinski definition) is 8. The Balaban J connectivity index is 1.56. The summed E-state index contributed by atoms with van der Waals surface area (Å²) in [5.74, 6) is -0.536. The van der Waals surface area contributed by atoms with Gasteiger partial charge in [0.2, 0.25) is 0 Å². The quantitative estimate of drug-likeness (QED) is 0.356. The predicted octanol–water partition coefficient (Wildman–Crippen LogP) is 0.484. The van der Waals surface area contributed by atoms with Gasteiger partial charge < -0.3 is 10.6 Å². The fraction of sp³-hybridized carbons (Fsp3) is 0.600. The van der Waals surface area contributed by atoms with Gasteiger partial charge in [-0.1, -0.05) is 6.07 Å². The van der Waals surface area contributed by atoms with Gasteiger partial charge in [-0.05, 0) is 42.5 Å². The summed E-state index contributed by atoms with van der Waals surface area (Å²) in [6.45, 7) is 0.301. The van der Waals surface area contributed by atoms with Gasteiger partial charge >= 0.3 is 16.4 Å². The summed E-state index contributed by atoms with van der Waals surface area (Å²) in [6.07, 6.45) is 3.06. The molecule has 1 aliphatic heterocycles. The van der Waals surface area contributed by atoms with Crippen LogP contribution < -0.4 is 16.7 Å². The van der Waals surface area contributed by atoms with E-state index in [1.807, 2.05) is 17.5 Å². The molecule has 1 spiro atoms. The second-order valence-electron chi connectivity index (χ2n) is 6.98. The maximum absolute atomic E-state index is 12.6. The van der Waals surface area contributed by atoms with Gasteiger partial charge in [0.05, 0.1) is 12.6 Å². The standard InChI is InChI=1S/C15H22N4O7S2/c16-10(12-2-1-7-27-12)9-25-17-13(20)11-8-15(3-4-15)5-6-19(11)14(21)18-26-28(22,23)24/h1-2,7,10-11H,3-6,8-9,16H2,(H,17,20)(H,18,21)(H,22,23,24)/t10?,11-/m0/s1. The molecule has 1 unspecified atom stereocenters. The maximum atomic E-state index is 12.6. The van der Waals surface area contributed by atoms with Crippen LogP contribution in [0.3, 0.4) is 0 Å². The number of rotatable bonds is 7. The normalized spacial score (nSPS) is 21.9. The minimum atomic E-state index is -4.85. The van der Waals surface area contributed by atoms with E-state index in [9.17, 15) is 18.0 Å². The SMILES string of the molecule is NC(CONC(=O)[C@@H]1CC2(CCN1C(=O)NOS(=O)(=O)O)CC2)c1cccs1. The molecular weight excluding hydrogens is 412 g/mol. The Morgan fingerprint density at radius 2 is 2.14 bits per heavy atom. The summed E-state index contributed by atoms with van der Waals surface area (Å²) < 4.78 is 33.8. The van der Waals surface area contributed by atoms with Crippen LogP contribution in [0.25, 0.3) is 0 Å². The Morgan fingerprint density at radius 1 is 1.39 bits per heavy atom. The Hall–Kier alpha value is -1.77. The summed E-state index contributed by atoms with van der Waals surface area (Å²) in [5.41, 5.74) is 9.95. The van der Waals surface area contributed by atoms with Crippen molar-refractivity contribution in [3.05, 3.63) is 22.4 Å². The number of nitrogens with one attached hydrogen (secondary N) is 2. The number of carbonyl (C=O) groups excluding carboxylic acids is 2. The highest BCUT2D eigenvalue weighted by atomic mass is 32.3. The third-order valence-corrected chi connectivity index (χ3v) is 6.28. The van der Waals surface area contributed by atoms with Crippen LogP contribution in [0.15, 0.2) is 17.5 Å². The van der Waals surface area contributed by atoms with E-state index in [0.29, 0.717) is 12.8 Å². The summed E-state index contributed by atoms with van der Waals surface area (Å²) in [6, 6.07) is 1.52. The molecule has 11 nitrogen and oxygen atoms in total. The fourth-order valence-corrected chi connectivity index (χ4v) is 4.14. The van der Waals surface area contributed by atoms with Crippen LogP contribution in [0.2, 0.25) is 0 Å². The molecule has 3 amide bonds. The molecule has 2 atom stereocenters. The zero-order chi connectivity index (χ0) is 20.4. The molecule has 1 aromatic rings. The monoisotopic (exact) mass is 434 g/mol. The molecule has 0 aromatic carbocycles. The van der Waals surface area contributed by atoms with Crippen molar-refractivity contribution in [3.63, 3.8) is 0 Å². The zero-order valence-corrected chi connectivity index (χ0v) is 16.5. The number of hydroxylamine groups is 2. The lowest BCUT2D eigenvalue weighted by Crippen LogP contribution is -2.56. The first-order valence-electron chi connectivity index (χ1n) is 8.62. The van der Waals surface area contributed by atoms with E-state index in [1.54, 1.807) is 5.48 Å². The Morgan fingerprint density at radius 3 is 2.75 bits per heavy atom. The molecule has 2 fully saturated rings. The molecule has 5 N–H and O–H groups in total. The molecule has 2 heterocycles. The molecule has 156 valence electrons. The highest BCUT2D eigenvalue weighted by Crippen LogP contribution is 2.55. The molecule has 13 heteroatoms. The third-order valence-electron chi connectivity index (χ3n) is 4.98. The first-order chi connectivity index (χ1) is 13.2. The van der Waals surface area contributed by atoms with E-state index in [0.717, 1.165) is 22.6 Å². The fourth-order valence-electron chi connectivity index (χ4n) is 3.25. The van der Waals surface area contributed by atoms with Gasteiger partial charge in [-0.15, -0.1) is 15.6 Å². The average Bonchev–Trinajstić information content (AvgIpc) is 3.16. The Labute approximate surface area is 166 Å². The van der Waals surface area contributed by atoms with E-state index in [2.05, 4.69) is 9.76 Å². The smallest absolute Gasteiger partial charge is 0.321 e. The van der Waals surface area contributed by atoms with Crippen molar-refractivity contribution in [1.29, 1.82) is 0 Å². The lowest BCUT2D eigenvalue weighted by molar-refractivity contribution is -0.140. The van der Waals surface area contributed by atoms with Crippen molar-refractivity contribution >= 4 is 33.7 Å². The van der Waals surface area contributed by atoms with E-state index < -0.39 is 34.4 Å². The molecule has 2 aliphatic rings. The van der Waals surface area contributed by atoms with Crippen LogP contribution in [0, 0.1) is 5.41 Å². The highest BCUT2D eigenvalue weighted by molar-refractivity contribution is 7.80. The Bertz CT molecular complexity index is 810. The molecule has 1 saturated heterocycles. The van der Waals surface area contributed by atoms with E-state index >= 15 is 0 Å². The van der Waals surface area contributed by atoms with Crippen molar-refractivity contribution < 1.29 is 31.7 Å². The highest BCUT2D eigenvalue weighted by Gasteiger charge is 2.51. The Kier molecular flexibility index (Phi) is 6.21. The zero-order valence-electron chi connectivity index (χ0n) is 14.9. The number of likely N-dealkylation sites (tertiary alicyclic amines) is 1. The van der Waals surface area contributed by atoms with Crippen LogP contribution in [0.1, 0.15) is 36.6 Å². The number of nitrogens with zero attached hydrogens (tertiary/aromatic N) is 1. The van der Waals surface area contributed by atoms with Crippen LogP contribution in [-0.4, -0.2) is 49.0 Å². The van der Waals surface area contributed by atoms with Gasteiger partial charge in [-0.2, -0.15) is 13.9 Å². The first kappa shape index (κ1) is 21.0. The second-order valence-corrected chi connectivity index (χ2v) is 8.98. The summed E-state index contributed by atoms with van der Waals surface area (Å²) >= 11 is 1.48. The molecule has 1 saturated carbocycles. The first-order valence-corrected chi connectivity index (χ1v) is 10.9. The molecule has 3 rings (SSSR count). The van der Waals surface area contributed by atoms with Crippen molar-refractivity contribution in [2.45, 2.75) is 37.8 Å². The molecule has 0 radical (unpaired) electrons. The van der Waals surface area contributed by atoms with E-state index in [4.69, 9.17) is 15.1 Å². The van der Waals surface area contributed by atoms with Gasteiger partial charge in [0.15, 0.2) is 0 Å². The van der Waals surface area contributed by atoms with E-state index in [-0.39, 0.29) is 18.6 Å². The van der Waals surface area contributed by atoms with Gasteiger partial charge in [0.1, 0.15) is 6.04 Å². The van der Waals surface area contributed by atoms with Crippen LogP contribution in [-0.2, 0) is 24.3 Å². The van der Waals surface area contributed by atoms with Crippen LogP contribution >= 0.6 is 11.3 Å². The molecule has 1 aliphatic carbocycles. The topological polar surface area (TPSA) is 160 Å². The molecule has 0 bridgehead atoms. The van der Waals surface area contributed by atoms with Crippen LogP contribution in [0.5, 0.6) is 0 Å². The summed E-state index contributed by atoms with van der Waals surface area (Å²) in [5, 5.41) is 1.88. The average molecular weight is 434 g/mol. The lowest BCUT2D eigenvalue weighted by atomic mass is 9.88.